The minimum absolute atomic E-state index is 0.144. The summed E-state index contributed by atoms with van der Waals surface area (Å²) in [7, 11) is 0. The first kappa shape index (κ1) is 25.2. The molecule has 0 unspecified atom stereocenters. The third-order valence-electron chi connectivity index (χ3n) is 6.34. The van der Waals surface area contributed by atoms with E-state index >= 15 is 0 Å². The first-order chi connectivity index (χ1) is 18.0. The number of rotatable bonds is 7. The number of carbonyl (C=O) groups excluding carboxylic acids is 1. The number of benzene rings is 1. The van der Waals surface area contributed by atoms with Crippen molar-refractivity contribution in [1.82, 2.24) is 25.3 Å². The van der Waals surface area contributed by atoms with Crippen LogP contribution in [0.3, 0.4) is 0 Å². The number of imidazole rings is 1. The van der Waals surface area contributed by atoms with Gasteiger partial charge in [-0.2, -0.15) is 0 Å². The molecule has 4 N–H and O–H groups in total. The number of aromatic nitrogens is 4. The Bertz CT molecular complexity index is 1220. The number of hydrogen-bond acceptors (Lipinski definition) is 9. The predicted molar refractivity (Wildman–Crippen MR) is 133 cm³/mol. The van der Waals surface area contributed by atoms with Gasteiger partial charge in [-0.25, -0.2) is 19.3 Å². The van der Waals surface area contributed by atoms with Crippen LogP contribution >= 0.6 is 0 Å². The highest BCUT2D eigenvalue weighted by atomic mass is 19.1. The van der Waals surface area contributed by atoms with Gasteiger partial charge >= 0.3 is 0 Å². The number of ether oxygens (including phenoxy) is 3. The monoisotopic (exact) mass is 511 g/mol. The molecule has 5 rings (SSSR count). The fraction of sp³-hybridized carbons (Fsp3) is 0.440. The minimum Gasteiger partial charge on any atom is -0.378 e. The van der Waals surface area contributed by atoms with Crippen molar-refractivity contribution in [2.24, 2.45) is 11.1 Å². The van der Waals surface area contributed by atoms with E-state index in [0.29, 0.717) is 73.8 Å². The lowest BCUT2D eigenvalue weighted by Crippen LogP contribution is -2.49. The standard InChI is InChI=1S/C25H30FN7O4/c1-25(23(34)28-9-7-27)14-36-22(37-15-25)21-31-19(16-2-4-17(26)5-3-16)20(32-21)18-6-8-29-24(30-18)33-10-12-35-13-11-33/h2-6,8,22H,7,9-15,27H2,1H3,(H,28,34)(H,31,32). The van der Waals surface area contributed by atoms with Gasteiger partial charge < -0.3 is 35.1 Å². The van der Waals surface area contributed by atoms with Crippen molar-refractivity contribution in [1.29, 1.82) is 0 Å². The van der Waals surface area contributed by atoms with Gasteiger partial charge in [0.05, 0.1) is 48.9 Å². The number of H-pyrrole nitrogens is 1. The van der Waals surface area contributed by atoms with Crippen LogP contribution in [0.25, 0.3) is 22.6 Å². The van der Waals surface area contributed by atoms with Gasteiger partial charge in [0, 0.05) is 37.9 Å². The Morgan fingerprint density at radius 3 is 2.62 bits per heavy atom. The zero-order chi connectivity index (χ0) is 25.8. The quantitative estimate of drug-likeness (QED) is 0.432. The molecule has 0 spiro atoms. The second-order valence-electron chi connectivity index (χ2n) is 9.25. The van der Waals surface area contributed by atoms with Crippen molar-refractivity contribution in [2.45, 2.75) is 13.2 Å². The van der Waals surface area contributed by atoms with Gasteiger partial charge in [-0.15, -0.1) is 0 Å². The topological polar surface area (TPSA) is 141 Å². The van der Waals surface area contributed by atoms with Gasteiger partial charge in [0.25, 0.3) is 0 Å². The predicted octanol–water partition coefficient (Wildman–Crippen LogP) is 1.64. The molecular formula is C25H30FN7O4. The number of nitrogens with two attached hydrogens (primary N) is 1. The molecule has 1 aromatic carbocycles. The summed E-state index contributed by atoms with van der Waals surface area (Å²) in [6, 6.07) is 7.86. The van der Waals surface area contributed by atoms with Gasteiger partial charge in [0.1, 0.15) is 5.82 Å². The van der Waals surface area contributed by atoms with Crippen LogP contribution in [-0.4, -0.2) is 78.4 Å². The Morgan fingerprint density at radius 1 is 1.19 bits per heavy atom. The maximum Gasteiger partial charge on any atom is 0.230 e. The van der Waals surface area contributed by atoms with Gasteiger partial charge in [-0.1, -0.05) is 0 Å². The summed E-state index contributed by atoms with van der Waals surface area (Å²) >= 11 is 0. The summed E-state index contributed by atoms with van der Waals surface area (Å²) in [5.41, 5.74) is 7.17. The van der Waals surface area contributed by atoms with Crippen molar-refractivity contribution in [3.05, 3.63) is 48.2 Å². The second-order valence-corrected chi connectivity index (χ2v) is 9.25. The lowest BCUT2D eigenvalue weighted by molar-refractivity contribution is -0.231. The van der Waals surface area contributed by atoms with E-state index in [9.17, 15) is 9.18 Å². The number of carbonyl (C=O) groups is 1. The zero-order valence-corrected chi connectivity index (χ0v) is 20.6. The number of amides is 1. The molecule has 37 heavy (non-hydrogen) atoms. The third-order valence-corrected chi connectivity index (χ3v) is 6.34. The van der Waals surface area contributed by atoms with E-state index in [0.717, 1.165) is 0 Å². The smallest absolute Gasteiger partial charge is 0.230 e. The first-order valence-electron chi connectivity index (χ1n) is 12.2. The number of nitrogens with zero attached hydrogens (tertiary/aromatic N) is 4. The molecule has 4 heterocycles. The van der Waals surface area contributed by atoms with Gasteiger partial charge in [-0.3, -0.25) is 4.79 Å². The first-order valence-corrected chi connectivity index (χ1v) is 12.2. The number of nitrogens with one attached hydrogen (secondary N) is 2. The zero-order valence-electron chi connectivity index (χ0n) is 20.6. The fourth-order valence-electron chi connectivity index (χ4n) is 4.21. The van der Waals surface area contributed by atoms with Crippen LogP contribution < -0.4 is 16.0 Å². The molecule has 2 aliphatic rings. The van der Waals surface area contributed by atoms with Crippen molar-refractivity contribution in [3.8, 4) is 22.6 Å². The normalized spacial score (nSPS) is 22.1. The summed E-state index contributed by atoms with van der Waals surface area (Å²) in [5.74, 6) is 0.487. The second kappa shape index (κ2) is 10.9. The van der Waals surface area contributed by atoms with E-state index in [1.165, 1.54) is 12.1 Å². The lowest BCUT2D eigenvalue weighted by Gasteiger charge is -2.35. The molecule has 2 aliphatic heterocycles. The summed E-state index contributed by atoms with van der Waals surface area (Å²) in [4.78, 5) is 31.9. The van der Waals surface area contributed by atoms with Crippen molar-refractivity contribution in [3.63, 3.8) is 0 Å². The van der Waals surface area contributed by atoms with Crippen molar-refractivity contribution >= 4 is 11.9 Å². The lowest BCUT2D eigenvalue weighted by atomic mass is 9.91. The molecule has 0 aliphatic carbocycles. The largest absolute Gasteiger partial charge is 0.378 e. The molecule has 2 aromatic heterocycles. The Morgan fingerprint density at radius 2 is 1.92 bits per heavy atom. The van der Waals surface area contributed by atoms with E-state index in [1.807, 2.05) is 0 Å². The number of halogens is 1. The van der Waals surface area contributed by atoms with Gasteiger partial charge in [0.2, 0.25) is 18.1 Å². The number of anilines is 1. The van der Waals surface area contributed by atoms with Crippen LogP contribution in [0.4, 0.5) is 10.3 Å². The molecule has 0 saturated carbocycles. The molecule has 12 heteroatoms. The van der Waals surface area contributed by atoms with Crippen LogP contribution in [0.5, 0.6) is 0 Å². The Balaban J connectivity index is 1.44. The Hall–Kier alpha value is -3.45. The van der Waals surface area contributed by atoms with Gasteiger partial charge in [-0.05, 0) is 37.3 Å². The van der Waals surface area contributed by atoms with E-state index in [4.69, 9.17) is 29.9 Å². The molecule has 0 radical (unpaired) electrons. The minimum atomic E-state index is -0.847. The maximum absolute atomic E-state index is 13.7. The van der Waals surface area contributed by atoms with E-state index in [2.05, 4.69) is 20.2 Å². The van der Waals surface area contributed by atoms with Crippen molar-refractivity contribution in [2.75, 3.05) is 57.5 Å². The summed E-state index contributed by atoms with van der Waals surface area (Å²) < 4.78 is 31.0. The molecule has 2 saturated heterocycles. The number of hydrogen-bond donors (Lipinski definition) is 3. The van der Waals surface area contributed by atoms with Crippen LogP contribution in [0.2, 0.25) is 0 Å². The van der Waals surface area contributed by atoms with Crippen LogP contribution in [0.1, 0.15) is 19.0 Å². The highest BCUT2D eigenvalue weighted by Crippen LogP contribution is 2.35. The molecule has 3 aromatic rings. The highest BCUT2D eigenvalue weighted by molar-refractivity contribution is 5.82. The van der Waals surface area contributed by atoms with Crippen LogP contribution in [-0.2, 0) is 19.0 Å². The molecule has 196 valence electrons. The van der Waals surface area contributed by atoms with Crippen LogP contribution in [0, 0.1) is 11.2 Å². The number of morpholine rings is 1. The third kappa shape index (κ3) is 5.47. The van der Waals surface area contributed by atoms with Crippen molar-refractivity contribution < 1.29 is 23.4 Å². The molecule has 1 amide bonds. The Kier molecular flexibility index (Phi) is 7.42. The Labute approximate surface area is 213 Å². The fourth-order valence-corrected chi connectivity index (χ4v) is 4.21. The number of aromatic amines is 1. The molecule has 11 nitrogen and oxygen atoms in total. The summed E-state index contributed by atoms with van der Waals surface area (Å²) in [6.45, 7) is 5.42. The van der Waals surface area contributed by atoms with Gasteiger partial charge in [0.15, 0.2) is 5.82 Å². The van der Waals surface area contributed by atoms with E-state index < -0.39 is 11.7 Å². The maximum atomic E-state index is 13.7. The average molecular weight is 512 g/mol. The SMILES string of the molecule is CC1(C(=O)NCCN)COC(c2nc(-c3ccc(F)cc3)c(-c3ccnc(N4CCOCC4)n3)[nH]2)OC1. The summed E-state index contributed by atoms with van der Waals surface area (Å²) in [6.07, 6.45) is 0.880. The molecular weight excluding hydrogens is 481 g/mol. The van der Waals surface area contributed by atoms with Crippen LogP contribution in [0.15, 0.2) is 36.5 Å². The van der Waals surface area contributed by atoms with E-state index in [-0.39, 0.29) is 24.9 Å². The molecule has 0 atom stereocenters. The van der Waals surface area contributed by atoms with E-state index in [1.54, 1.807) is 31.3 Å². The summed E-state index contributed by atoms with van der Waals surface area (Å²) in [5, 5.41) is 2.79. The average Bonchev–Trinajstić information content (AvgIpc) is 3.38. The molecule has 2 fully saturated rings. The highest BCUT2D eigenvalue weighted by Gasteiger charge is 2.40. The molecule has 0 bridgehead atoms.